The summed E-state index contributed by atoms with van der Waals surface area (Å²) in [5, 5.41) is 10.8. The molecule has 0 radical (unpaired) electrons. The van der Waals surface area contributed by atoms with Gasteiger partial charge in [0, 0.05) is 5.56 Å². The molecule has 8 heteroatoms. The number of aromatic nitrogens is 2. The van der Waals surface area contributed by atoms with Gasteiger partial charge in [-0.2, -0.15) is 0 Å². The van der Waals surface area contributed by atoms with E-state index >= 15 is 0 Å². The number of amides is 1. The SMILES string of the molecule is O=C(COc1ccc(-c2nnco2)cc1)NC1(c2ccc3c(c2)OCCO3)CCCC1. The van der Waals surface area contributed by atoms with Gasteiger partial charge in [-0.15, -0.1) is 10.2 Å². The van der Waals surface area contributed by atoms with E-state index in [-0.39, 0.29) is 12.5 Å². The molecule has 0 bridgehead atoms. The van der Waals surface area contributed by atoms with Gasteiger partial charge < -0.3 is 23.9 Å². The van der Waals surface area contributed by atoms with Crippen molar-refractivity contribution in [2.45, 2.75) is 31.2 Å². The molecule has 0 atom stereocenters. The normalized spacial score (nSPS) is 16.6. The van der Waals surface area contributed by atoms with Crippen LogP contribution in [0.3, 0.4) is 0 Å². The predicted octanol–water partition coefficient (Wildman–Crippen LogP) is 3.47. The number of hydrogen-bond donors (Lipinski definition) is 1. The molecule has 3 aromatic rings. The second kappa shape index (κ2) is 8.29. The number of nitrogens with zero attached hydrogens (tertiary/aromatic N) is 2. The van der Waals surface area contributed by atoms with E-state index in [0.717, 1.165) is 48.3 Å². The second-order valence-electron chi connectivity index (χ2n) is 7.75. The minimum absolute atomic E-state index is 0.0633. The van der Waals surface area contributed by atoms with Gasteiger partial charge in [0.05, 0.1) is 5.54 Å². The summed E-state index contributed by atoms with van der Waals surface area (Å²) in [6.45, 7) is 1.03. The van der Waals surface area contributed by atoms with Crippen molar-refractivity contribution in [3.63, 3.8) is 0 Å². The fourth-order valence-corrected chi connectivity index (χ4v) is 4.25. The third-order valence-corrected chi connectivity index (χ3v) is 5.76. The maximum absolute atomic E-state index is 12.8. The highest BCUT2D eigenvalue weighted by atomic mass is 16.6. The Hall–Kier alpha value is -3.55. The molecule has 8 nitrogen and oxygen atoms in total. The van der Waals surface area contributed by atoms with Crippen molar-refractivity contribution in [1.82, 2.24) is 15.5 Å². The van der Waals surface area contributed by atoms with Crippen molar-refractivity contribution >= 4 is 5.91 Å². The molecule has 1 N–H and O–H groups in total. The lowest BCUT2D eigenvalue weighted by atomic mass is 9.87. The fraction of sp³-hybridized carbons (Fsp3) is 0.348. The Balaban J connectivity index is 1.25. The van der Waals surface area contributed by atoms with Crippen LogP contribution in [-0.4, -0.2) is 35.9 Å². The van der Waals surface area contributed by atoms with Gasteiger partial charge in [-0.25, -0.2) is 0 Å². The Morgan fingerprint density at radius 2 is 1.81 bits per heavy atom. The molecule has 2 heterocycles. The topological polar surface area (TPSA) is 95.7 Å². The molecule has 0 spiro atoms. The van der Waals surface area contributed by atoms with E-state index in [0.29, 0.717) is 24.9 Å². The van der Waals surface area contributed by atoms with Crippen LogP contribution in [0.5, 0.6) is 17.2 Å². The summed E-state index contributed by atoms with van der Waals surface area (Å²) < 4.78 is 22.2. The van der Waals surface area contributed by atoms with Crippen LogP contribution in [0.2, 0.25) is 0 Å². The summed E-state index contributed by atoms with van der Waals surface area (Å²) in [4.78, 5) is 12.8. The maximum Gasteiger partial charge on any atom is 0.258 e. The molecule has 1 aliphatic heterocycles. The predicted molar refractivity (Wildman–Crippen MR) is 111 cm³/mol. The van der Waals surface area contributed by atoms with Crippen LogP contribution in [0.1, 0.15) is 31.2 Å². The molecule has 5 rings (SSSR count). The molecule has 1 aromatic heterocycles. The number of nitrogens with one attached hydrogen (secondary N) is 1. The van der Waals surface area contributed by atoms with Crippen molar-refractivity contribution in [2.24, 2.45) is 0 Å². The lowest BCUT2D eigenvalue weighted by molar-refractivity contribution is -0.125. The number of rotatable bonds is 6. The summed E-state index contributed by atoms with van der Waals surface area (Å²) in [6.07, 6.45) is 5.18. The van der Waals surface area contributed by atoms with E-state index in [1.165, 1.54) is 6.39 Å². The molecule has 1 aliphatic carbocycles. The molecular weight excluding hydrogens is 398 g/mol. The average molecular weight is 421 g/mol. The number of carbonyl (C=O) groups is 1. The number of fused-ring (bicyclic) bond motifs is 1. The molecule has 0 saturated heterocycles. The number of carbonyl (C=O) groups excluding carboxylic acids is 1. The molecule has 160 valence electrons. The van der Waals surface area contributed by atoms with Crippen LogP contribution in [0.15, 0.2) is 53.3 Å². The fourth-order valence-electron chi connectivity index (χ4n) is 4.25. The van der Waals surface area contributed by atoms with E-state index in [4.69, 9.17) is 18.6 Å². The van der Waals surface area contributed by atoms with Crippen LogP contribution in [0.4, 0.5) is 0 Å². The third-order valence-electron chi connectivity index (χ3n) is 5.76. The minimum atomic E-state index is -0.405. The molecule has 1 fully saturated rings. The lowest BCUT2D eigenvalue weighted by Crippen LogP contribution is -2.45. The van der Waals surface area contributed by atoms with Crippen LogP contribution >= 0.6 is 0 Å². The Bertz CT molecular complexity index is 1040. The maximum atomic E-state index is 12.8. The van der Waals surface area contributed by atoms with Crippen molar-refractivity contribution in [3.05, 3.63) is 54.4 Å². The smallest absolute Gasteiger partial charge is 0.258 e. The number of benzene rings is 2. The Morgan fingerprint density at radius 3 is 2.55 bits per heavy atom. The largest absolute Gasteiger partial charge is 0.486 e. The average Bonchev–Trinajstić information content (AvgIpc) is 3.51. The van der Waals surface area contributed by atoms with Crippen molar-refractivity contribution in [2.75, 3.05) is 19.8 Å². The first kappa shape index (κ1) is 19.4. The monoisotopic (exact) mass is 421 g/mol. The van der Waals surface area contributed by atoms with E-state index < -0.39 is 5.54 Å². The van der Waals surface area contributed by atoms with Gasteiger partial charge in [0.25, 0.3) is 5.91 Å². The van der Waals surface area contributed by atoms with Crippen molar-refractivity contribution < 1.29 is 23.4 Å². The van der Waals surface area contributed by atoms with Crippen LogP contribution in [-0.2, 0) is 10.3 Å². The van der Waals surface area contributed by atoms with Gasteiger partial charge >= 0.3 is 0 Å². The molecule has 31 heavy (non-hydrogen) atoms. The van der Waals surface area contributed by atoms with Crippen LogP contribution in [0.25, 0.3) is 11.5 Å². The third kappa shape index (κ3) is 4.05. The zero-order valence-electron chi connectivity index (χ0n) is 17.0. The van der Waals surface area contributed by atoms with Crippen LogP contribution in [0, 0.1) is 0 Å². The summed E-state index contributed by atoms with van der Waals surface area (Å²) >= 11 is 0. The van der Waals surface area contributed by atoms with Gasteiger partial charge in [-0.3, -0.25) is 4.79 Å². The van der Waals surface area contributed by atoms with Gasteiger partial charge in [0.2, 0.25) is 12.3 Å². The minimum Gasteiger partial charge on any atom is -0.486 e. The Morgan fingerprint density at radius 1 is 1.03 bits per heavy atom. The van der Waals surface area contributed by atoms with Gasteiger partial charge in [0.15, 0.2) is 18.1 Å². The lowest BCUT2D eigenvalue weighted by Gasteiger charge is -2.32. The molecule has 0 unspecified atom stereocenters. The highest BCUT2D eigenvalue weighted by Gasteiger charge is 2.38. The zero-order valence-corrected chi connectivity index (χ0v) is 17.0. The van der Waals surface area contributed by atoms with E-state index in [9.17, 15) is 4.79 Å². The highest BCUT2D eigenvalue weighted by Crippen LogP contribution is 2.42. The molecule has 2 aromatic carbocycles. The summed E-state index contributed by atoms with van der Waals surface area (Å²) in [7, 11) is 0. The van der Waals surface area contributed by atoms with Gasteiger partial charge in [0.1, 0.15) is 19.0 Å². The molecule has 1 amide bonds. The first-order valence-corrected chi connectivity index (χ1v) is 10.4. The molecular formula is C23H23N3O5. The first-order chi connectivity index (χ1) is 15.2. The summed E-state index contributed by atoms with van der Waals surface area (Å²) in [5.74, 6) is 2.37. The summed E-state index contributed by atoms with van der Waals surface area (Å²) in [6, 6.07) is 13.1. The van der Waals surface area contributed by atoms with Crippen LogP contribution < -0.4 is 19.5 Å². The van der Waals surface area contributed by atoms with Crippen molar-refractivity contribution in [3.8, 4) is 28.7 Å². The quantitative estimate of drug-likeness (QED) is 0.651. The summed E-state index contributed by atoms with van der Waals surface area (Å²) in [5.41, 5.74) is 1.43. The second-order valence-corrected chi connectivity index (χ2v) is 7.75. The Labute approximate surface area is 179 Å². The van der Waals surface area contributed by atoms with Gasteiger partial charge in [-0.05, 0) is 54.8 Å². The molecule has 1 saturated carbocycles. The van der Waals surface area contributed by atoms with E-state index in [1.54, 1.807) is 12.1 Å². The Kier molecular flexibility index (Phi) is 5.19. The van der Waals surface area contributed by atoms with Crippen molar-refractivity contribution in [1.29, 1.82) is 0 Å². The number of hydrogen-bond acceptors (Lipinski definition) is 7. The highest BCUT2D eigenvalue weighted by molar-refractivity contribution is 5.78. The standard InChI is InChI=1S/C23H23N3O5/c27-21(14-30-18-6-3-16(4-7-18)22-26-24-15-31-22)25-23(9-1-2-10-23)17-5-8-19-20(13-17)29-12-11-28-19/h3-8,13,15H,1-2,9-12,14H2,(H,25,27). The first-order valence-electron chi connectivity index (χ1n) is 10.4. The number of ether oxygens (including phenoxy) is 3. The van der Waals surface area contributed by atoms with E-state index in [1.807, 2.05) is 30.3 Å². The van der Waals surface area contributed by atoms with Gasteiger partial charge in [-0.1, -0.05) is 18.9 Å². The van der Waals surface area contributed by atoms with E-state index in [2.05, 4.69) is 15.5 Å². The molecule has 2 aliphatic rings. The zero-order chi connectivity index (χ0) is 21.1.